The highest BCUT2D eigenvalue weighted by molar-refractivity contribution is 6.33. The standard InChI is InChI=1S/C21H26ClN3O2/c1-24(21(26)17-12-18(22)19(23)13-20(17)27-2)16-8-10-25(11-9-16)14-15-6-4-3-5-7-15/h3-7,12-13,16H,8-11,14,23H2,1-2H3. The van der Waals surface area contributed by atoms with E-state index in [1.165, 1.54) is 12.7 Å². The summed E-state index contributed by atoms with van der Waals surface area (Å²) in [4.78, 5) is 17.2. The van der Waals surface area contributed by atoms with E-state index in [1.54, 1.807) is 12.1 Å². The minimum absolute atomic E-state index is 0.0877. The minimum Gasteiger partial charge on any atom is -0.496 e. The Kier molecular flexibility index (Phi) is 6.24. The number of anilines is 1. The van der Waals surface area contributed by atoms with Gasteiger partial charge in [-0.25, -0.2) is 0 Å². The number of hydrogen-bond acceptors (Lipinski definition) is 4. The lowest BCUT2D eigenvalue weighted by atomic mass is 10.0. The number of piperidine rings is 1. The van der Waals surface area contributed by atoms with Crippen LogP contribution in [-0.4, -0.2) is 49.0 Å². The van der Waals surface area contributed by atoms with Gasteiger partial charge in [0.15, 0.2) is 0 Å². The van der Waals surface area contributed by atoms with Gasteiger partial charge in [-0.1, -0.05) is 41.9 Å². The van der Waals surface area contributed by atoms with Crippen LogP contribution >= 0.6 is 11.6 Å². The molecule has 2 aromatic rings. The predicted octanol–water partition coefficient (Wildman–Crippen LogP) is 3.67. The molecule has 0 aliphatic carbocycles. The van der Waals surface area contributed by atoms with Gasteiger partial charge in [-0.3, -0.25) is 9.69 Å². The Bertz CT molecular complexity index is 790. The second kappa shape index (κ2) is 8.63. The number of carbonyl (C=O) groups is 1. The molecule has 2 N–H and O–H groups in total. The third kappa shape index (κ3) is 4.54. The average molecular weight is 388 g/mol. The Morgan fingerprint density at radius 3 is 2.56 bits per heavy atom. The van der Waals surface area contributed by atoms with Crippen molar-refractivity contribution in [3.63, 3.8) is 0 Å². The van der Waals surface area contributed by atoms with E-state index >= 15 is 0 Å². The van der Waals surface area contributed by atoms with Crippen molar-refractivity contribution >= 4 is 23.2 Å². The second-order valence-corrected chi connectivity index (χ2v) is 7.39. The Morgan fingerprint density at radius 1 is 1.26 bits per heavy atom. The van der Waals surface area contributed by atoms with Gasteiger partial charge in [-0.2, -0.15) is 0 Å². The number of likely N-dealkylation sites (tertiary alicyclic amines) is 1. The molecule has 6 heteroatoms. The molecule has 1 aliphatic rings. The highest BCUT2D eigenvalue weighted by Crippen LogP contribution is 2.30. The van der Waals surface area contributed by atoms with E-state index in [0.717, 1.165) is 32.5 Å². The molecule has 0 unspecified atom stereocenters. The topological polar surface area (TPSA) is 58.8 Å². The molecule has 0 bridgehead atoms. The molecule has 5 nitrogen and oxygen atoms in total. The molecule has 0 radical (unpaired) electrons. The number of ether oxygens (including phenoxy) is 1. The first-order chi connectivity index (χ1) is 13.0. The zero-order chi connectivity index (χ0) is 19.4. The van der Waals surface area contributed by atoms with E-state index in [4.69, 9.17) is 22.1 Å². The number of amides is 1. The molecule has 27 heavy (non-hydrogen) atoms. The number of methoxy groups -OCH3 is 1. The molecule has 1 amide bonds. The van der Waals surface area contributed by atoms with E-state index in [9.17, 15) is 4.79 Å². The summed E-state index contributed by atoms with van der Waals surface area (Å²) in [5.74, 6) is 0.366. The zero-order valence-electron chi connectivity index (χ0n) is 15.8. The second-order valence-electron chi connectivity index (χ2n) is 6.98. The van der Waals surface area contributed by atoms with Crippen molar-refractivity contribution in [3.05, 3.63) is 58.6 Å². The third-order valence-corrected chi connectivity index (χ3v) is 5.55. The molecule has 1 aliphatic heterocycles. The van der Waals surface area contributed by atoms with E-state index in [1.807, 2.05) is 18.0 Å². The van der Waals surface area contributed by atoms with Gasteiger partial charge in [0.25, 0.3) is 5.91 Å². The van der Waals surface area contributed by atoms with Crippen LogP contribution in [0.1, 0.15) is 28.8 Å². The van der Waals surface area contributed by atoms with Crippen LogP contribution in [0, 0.1) is 0 Å². The van der Waals surface area contributed by atoms with Crippen LogP contribution in [0.5, 0.6) is 5.75 Å². The quantitative estimate of drug-likeness (QED) is 0.795. The van der Waals surface area contributed by atoms with E-state index in [0.29, 0.717) is 22.0 Å². The number of nitrogens with two attached hydrogens (primary N) is 1. The van der Waals surface area contributed by atoms with Gasteiger partial charge in [-0.15, -0.1) is 0 Å². The monoisotopic (exact) mass is 387 g/mol. The molecule has 0 spiro atoms. The van der Waals surface area contributed by atoms with Crippen molar-refractivity contribution in [2.45, 2.75) is 25.4 Å². The third-order valence-electron chi connectivity index (χ3n) is 5.22. The van der Waals surface area contributed by atoms with E-state index < -0.39 is 0 Å². The summed E-state index contributed by atoms with van der Waals surface area (Å²) in [7, 11) is 3.38. The van der Waals surface area contributed by atoms with E-state index in [2.05, 4.69) is 29.2 Å². The van der Waals surface area contributed by atoms with Crippen LogP contribution in [0.25, 0.3) is 0 Å². The van der Waals surface area contributed by atoms with Crippen molar-refractivity contribution in [1.29, 1.82) is 0 Å². The summed E-state index contributed by atoms with van der Waals surface area (Å²) in [6.07, 6.45) is 1.89. The lowest BCUT2D eigenvalue weighted by molar-refractivity contribution is 0.0633. The molecule has 0 atom stereocenters. The molecular weight excluding hydrogens is 362 g/mol. The van der Waals surface area contributed by atoms with Crippen LogP contribution in [-0.2, 0) is 6.54 Å². The Hall–Kier alpha value is -2.24. The maximum absolute atomic E-state index is 13.0. The lowest BCUT2D eigenvalue weighted by Crippen LogP contribution is -2.45. The number of nitrogen functional groups attached to an aromatic ring is 1. The Balaban J connectivity index is 1.63. The predicted molar refractivity (Wildman–Crippen MR) is 109 cm³/mol. The number of nitrogens with zero attached hydrogens (tertiary/aromatic N) is 2. The Labute approximate surface area is 165 Å². The van der Waals surface area contributed by atoms with Crippen LogP contribution in [0.2, 0.25) is 5.02 Å². The molecule has 2 aromatic carbocycles. The number of benzene rings is 2. The minimum atomic E-state index is -0.0877. The van der Waals surface area contributed by atoms with Crippen molar-refractivity contribution in [2.24, 2.45) is 0 Å². The molecule has 1 fully saturated rings. The fourth-order valence-corrected chi connectivity index (χ4v) is 3.73. The van der Waals surface area contributed by atoms with Gasteiger partial charge >= 0.3 is 0 Å². The van der Waals surface area contributed by atoms with Gasteiger partial charge in [-0.05, 0) is 24.5 Å². The summed E-state index contributed by atoms with van der Waals surface area (Å²) in [5.41, 5.74) is 8.00. The largest absolute Gasteiger partial charge is 0.496 e. The first-order valence-corrected chi connectivity index (χ1v) is 9.54. The fourth-order valence-electron chi connectivity index (χ4n) is 3.57. The SMILES string of the molecule is COc1cc(N)c(Cl)cc1C(=O)N(C)C1CCN(Cc2ccccc2)CC1. The maximum atomic E-state index is 13.0. The summed E-state index contributed by atoms with van der Waals surface area (Å²) in [5, 5.41) is 0.366. The molecule has 144 valence electrons. The summed E-state index contributed by atoms with van der Waals surface area (Å²) < 4.78 is 5.33. The van der Waals surface area contributed by atoms with E-state index in [-0.39, 0.29) is 11.9 Å². The highest BCUT2D eigenvalue weighted by Gasteiger charge is 2.28. The molecule has 1 saturated heterocycles. The highest BCUT2D eigenvalue weighted by atomic mass is 35.5. The maximum Gasteiger partial charge on any atom is 0.257 e. The number of hydrogen-bond donors (Lipinski definition) is 1. The number of carbonyl (C=O) groups excluding carboxylic acids is 1. The summed E-state index contributed by atoms with van der Waals surface area (Å²) in [6, 6.07) is 13.9. The molecule has 1 heterocycles. The zero-order valence-corrected chi connectivity index (χ0v) is 16.6. The van der Waals surface area contributed by atoms with Crippen LogP contribution in [0.15, 0.2) is 42.5 Å². The van der Waals surface area contributed by atoms with Crippen molar-refractivity contribution in [2.75, 3.05) is 33.0 Å². The molecule has 3 rings (SSSR count). The normalized spacial score (nSPS) is 15.5. The van der Waals surface area contributed by atoms with Crippen LogP contribution in [0.4, 0.5) is 5.69 Å². The van der Waals surface area contributed by atoms with Crippen molar-refractivity contribution in [3.8, 4) is 5.75 Å². The van der Waals surface area contributed by atoms with Gasteiger partial charge in [0.2, 0.25) is 0 Å². The van der Waals surface area contributed by atoms with Gasteiger partial charge in [0.1, 0.15) is 5.75 Å². The van der Waals surface area contributed by atoms with Crippen molar-refractivity contribution in [1.82, 2.24) is 9.80 Å². The Morgan fingerprint density at radius 2 is 1.93 bits per heavy atom. The van der Waals surface area contributed by atoms with Crippen LogP contribution in [0.3, 0.4) is 0 Å². The first-order valence-electron chi connectivity index (χ1n) is 9.16. The number of halogens is 1. The van der Waals surface area contributed by atoms with Gasteiger partial charge < -0.3 is 15.4 Å². The molecule has 0 saturated carbocycles. The average Bonchev–Trinajstić information content (AvgIpc) is 2.70. The smallest absolute Gasteiger partial charge is 0.257 e. The lowest BCUT2D eigenvalue weighted by Gasteiger charge is -2.37. The first kappa shape index (κ1) is 19.5. The summed E-state index contributed by atoms with van der Waals surface area (Å²) in [6.45, 7) is 2.89. The summed E-state index contributed by atoms with van der Waals surface area (Å²) >= 11 is 6.12. The molecule has 0 aromatic heterocycles. The molecular formula is C21H26ClN3O2. The van der Waals surface area contributed by atoms with Crippen LogP contribution < -0.4 is 10.5 Å². The van der Waals surface area contributed by atoms with Gasteiger partial charge in [0, 0.05) is 38.8 Å². The van der Waals surface area contributed by atoms with Crippen molar-refractivity contribution < 1.29 is 9.53 Å². The van der Waals surface area contributed by atoms with Gasteiger partial charge in [0.05, 0.1) is 23.4 Å². The number of rotatable bonds is 5. The fraction of sp³-hybridized carbons (Fsp3) is 0.381.